The molecule has 1 amide bonds. The molecule has 0 spiro atoms. The van der Waals surface area contributed by atoms with Gasteiger partial charge in [-0.2, -0.15) is 0 Å². The van der Waals surface area contributed by atoms with Crippen molar-refractivity contribution in [2.24, 2.45) is 0 Å². The summed E-state index contributed by atoms with van der Waals surface area (Å²) in [6.45, 7) is 1.91. The maximum Gasteiger partial charge on any atom is 0.300 e. The summed E-state index contributed by atoms with van der Waals surface area (Å²) in [5.74, 6) is -2.29. The molecule has 0 aliphatic carbocycles. The number of carbonyl (C=O) groups is 2. The first-order chi connectivity index (χ1) is 14.0. The van der Waals surface area contributed by atoms with E-state index < -0.39 is 23.5 Å². The van der Waals surface area contributed by atoms with Gasteiger partial charge in [-0.05, 0) is 36.8 Å². The Labute approximate surface area is 166 Å². The number of aliphatic hydroxyl groups is 1. The van der Waals surface area contributed by atoms with Crippen LogP contribution in [0, 0.1) is 12.7 Å². The third kappa shape index (κ3) is 3.29. The second kappa shape index (κ2) is 7.31. The Morgan fingerprint density at radius 3 is 2.34 bits per heavy atom. The van der Waals surface area contributed by atoms with E-state index in [4.69, 9.17) is 0 Å². The average molecular weight is 388 g/mol. The minimum Gasteiger partial charge on any atom is -0.507 e. The maximum atomic E-state index is 13.5. The Hall–Kier alpha value is -3.80. The maximum absolute atomic E-state index is 13.5. The lowest BCUT2D eigenvalue weighted by atomic mass is 9.95. The Morgan fingerprint density at radius 1 is 1.03 bits per heavy atom. The summed E-state index contributed by atoms with van der Waals surface area (Å²) in [5, 5.41) is 10.9. The van der Waals surface area contributed by atoms with Crippen LogP contribution in [0.1, 0.15) is 22.7 Å². The van der Waals surface area contributed by atoms with Gasteiger partial charge in [0.2, 0.25) is 0 Å². The zero-order valence-electron chi connectivity index (χ0n) is 15.5. The lowest BCUT2D eigenvalue weighted by molar-refractivity contribution is -0.132. The number of rotatable bonds is 3. The third-order valence-electron chi connectivity index (χ3n) is 4.88. The van der Waals surface area contributed by atoms with Gasteiger partial charge in [0.15, 0.2) is 0 Å². The van der Waals surface area contributed by atoms with Crippen LogP contribution in [0.4, 0.5) is 10.1 Å². The summed E-state index contributed by atoms with van der Waals surface area (Å²) in [6.07, 6.45) is 3.02. The van der Waals surface area contributed by atoms with Crippen LogP contribution in [-0.4, -0.2) is 21.8 Å². The van der Waals surface area contributed by atoms with Crippen molar-refractivity contribution < 1.29 is 19.1 Å². The standard InChI is InChI=1S/C23H17FN2O3/c1-14-4-6-16(7-5-14)21(27)19-20(15-8-10-17(24)11-9-15)26(23(29)22(19)28)18-3-2-12-25-13-18/h2-13,20,27H,1H3. The number of anilines is 1. The van der Waals surface area contributed by atoms with Crippen LogP contribution in [0.2, 0.25) is 0 Å². The fraction of sp³-hybridized carbons (Fsp3) is 0.0870. The smallest absolute Gasteiger partial charge is 0.300 e. The largest absolute Gasteiger partial charge is 0.507 e. The van der Waals surface area contributed by atoms with Crippen molar-refractivity contribution in [3.63, 3.8) is 0 Å². The van der Waals surface area contributed by atoms with Crippen LogP contribution in [0.5, 0.6) is 0 Å². The molecular formula is C23H17FN2O3. The van der Waals surface area contributed by atoms with Gasteiger partial charge in [0.1, 0.15) is 11.6 Å². The molecule has 1 N–H and O–H groups in total. The number of nitrogens with zero attached hydrogens (tertiary/aromatic N) is 2. The predicted molar refractivity (Wildman–Crippen MR) is 107 cm³/mol. The molecule has 5 nitrogen and oxygen atoms in total. The summed E-state index contributed by atoms with van der Waals surface area (Å²) in [7, 11) is 0. The number of amides is 1. The number of hydrogen-bond acceptors (Lipinski definition) is 4. The van der Waals surface area contributed by atoms with E-state index in [1.54, 1.807) is 42.6 Å². The fourth-order valence-corrected chi connectivity index (χ4v) is 3.42. The number of halogens is 1. The van der Waals surface area contributed by atoms with Gasteiger partial charge in [0.05, 0.1) is 23.5 Å². The van der Waals surface area contributed by atoms with E-state index in [9.17, 15) is 19.1 Å². The van der Waals surface area contributed by atoms with Crippen molar-refractivity contribution in [2.75, 3.05) is 4.90 Å². The summed E-state index contributed by atoms with van der Waals surface area (Å²) in [4.78, 5) is 31.1. The molecule has 1 unspecified atom stereocenters. The van der Waals surface area contributed by atoms with E-state index in [2.05, 4.69) is 4.98 Å². The molecule has 144 valence electrons. The lowest BCUT2D eigenvalue weighted by Crippen LogP contribution is -2.29. The van der Waals surface area contributed by atoms with Crippen LogP contribution in [0.25, 0.3) is 5.76 Å². The van der Waals surface area contributed by atoms with Gasteiger partial charge in [-0.3, -0.25) is 19.5 Å². The first-order valence-corrected chi connectivity index (χ1v) is 9.01. The third-order valence-corrected chi connectivity index (χ3v) is 4.88. The van der Waals surface area contributed by atoms with E-state index in [1.807, 2.05) is 6.92 Å². The number of pyridine rings is 1. The number of aromatic nitrogens is 1. The summed E-state index contributed by atoms with van der Waals surface area (Å²) >= 11 is 0. The molecule has 29 heavy (non-hydrogen) atoms. The highest BCUT2D eigenvalue weighted by atomic mass is 19.1. The SMILES string of the molecule is Cc1ccc(C(O)=C2C(=O)C(=O)N(c3cccnc3)C2c2ccc(F)cc2)cc1. The minimum atomic E-state index is -0.902. The van der Waals surface area contributed by atoms with Crippen LogP contribution in [0.3, 0.4) is 0 Å². The van der Waals surface area contributed by atoms with E-state index in [0.29, 0.717) is 16.8 Å². The molecule has 1 aliphatic rings. The van der Waals surface area contributed by atoms with E-state index in [0.717, 1.165) is 5.56 Å². The highest BCUT2D eigenvalue weighted by Gasteiger charge is 2.47. The predicted octanol–water partition coefficient (Wildman–Crippen LogP) is 4.16. The minimum absolute atomic E-state index is 0.0469. The van der Waals surface area contributed by atoms with Crippen LogP contribution < -0.4 is 4.90 Å². The molecule has 0 saturated carbocycles. The van der Waals surface area contributed by atoms with Gasteiger partial charge in [0, 0.05) is 11.8 Å². The average Bonchev–Trinajstić information content (AvgIpc) is 3.00. The second-order valence-corrected chi connectivity index (χ2v) is 6.80. The molecule has 3 aromatic rings. The van der Waals surface area contributed by atoms with Crippen LogP contribution in [0.15, 0.2) is 78.6 Å². The Balaban J connectivity index is 1.94. The molecular weight excluding hydrogens is 371 g/mol. The van der Waals surface area contributed by atoms with E-state index >= 15 is 0 Å². The zero-order chi connectivity index (χ0) is 20.5. The topological polar surface area (TPSA) is 70.5 Å². The molecule has 0 bridgehead atoms. The normalized spacial score (nSPS) is 18.3. The quantitative estimate of drug-likeness (QED) is 0.416. The summed E-state index contributed by atoms with van der Waals surface area (Å²) in [5.41, 5.74) is 2.28. The summed E-state index contributed by atoms with van der Waals surface area (Å²) < 4.78 is 13.5. The molecule has 1 fully saturated rings. The van der Waals surface area contributed by atoms with Crippen molar-refractivity contribution in [3.8, 4) is 0 Å². The van der Waals surface area contributed by atoms with Gasteiger partial charge >= 0.3 is 0 Å². The zero-order valence-corrected chi connectivity index (χ0v) is 15.5. The van der Waals surface area contributed by atoms with Gasteiger partial charge in [-0.1, -0.05) is 42.0 Å². The highest BCUT2D eigenvalue weighted by molar-refractivity contribution is 6.51. The number of hydrogen-bond donors (Lipinski definition) is 1. The van der Waals surface area contributed by atoms with Gasteiger partial charge < -0.3 is 5.11 Å². The summed E-state index contributed by atoms with van der Waals surface area (Å²) in [6, 6.07) is 14.9. The lowest BCUT2D eigenvalue weighted by Gasteiger charge is -2.25. The van der Waals surface area contributed by atoms with Crippen LogP contribution in [-0.2, 0) is 9.59 Å². The first kappa shape index (κ1) is 18.6. The van der Waals surface area contributed by atoms with Crippen molar-refractivity contribution in [3.05, 3.63) is 101 Å². The molecule has 1 saturated heterocycles. The molecule has 1 atom stereocenters. The fourth-order valence-electron chi connectivity index (χ4n) is 3.42. The van der Waals surface area contributed by atoms with Crippen molar-refractivity contribution in [1.82, 2.24) is 4.98 Å². The molecule has 2 heterocycles. The molecule has 2 aromatic carbocycles. The van der Waals surface area contributed by atoms with Gasteiger partial charge in [-0.15, -0.1) is 0 Å². The van der Waals surface area contributed by atoms with Crippen molar-refractivity contribution >= 4 is 23.1 Å². The van der Waals surface area contributed by atoms with E-state index in [-0.39, 0.29) is 11.3 Å². The molecule has 6 heteroatoms. The van der Waals surface area contributed by atoms with Gasteiger partial charge in [-0.25, -0.2) is 4.39 Å². The Bertz CT molecular complexity index is 1110. The Kier molecular flexibility index (Phi) is 4.68. The number of benzene rings is 2. The van der Waals surface area contributed by atoms with Crippen molar-refractivity contribution in [2.45, 2.75) is 13.0 Å². The van der Waals surface area contributed by atoms with Crippen molar-refractivity contribution in [1.29, 1.82) is 0 Å². The number of aryl methyl sites for hydroxylation is 1. The van der Waals surface area contributed by atoms with Gasteiger partial charge in [0.25, 0.3) is 11.7 Å². The molecule has 4 rings (SSSR count). The molecule has 0 radical (unpaired) electrons. The number of ketones is 1. The van der Waals surface area contributed by atoms with E-state index in [1.165, 1.54) is 35.4 Å². The second-order valence-electron chi connectivity index (χ2n) is 6.80. The number of aliphatic hydroxyl groups excluding tert-OH is 1. The van der Waals surface area contributed by atoms with Crippen LogP contribution >= 0.6 is 0 Å². The monoisotopic (exact) mass is 388 g/mol. The Morgan fingerprint density at radius 2 is 1.72 bits per heavy atom. The first-order valence-electron chi connectivity index (χ1n) is 9.01. The number of carbonyl (C=O) groups excluding carboxylic acids is 2. The molecule has 1 aromatic heterocycles. The highest BCUT2D eigenvalue weighted by Crippen LogP contribution is 2.41. The molecule has 1 aliphatic heterocycles. The number of Topliss-reactive ketones (excluding diaryl/α,β-unsaturated/α-hetero) is 1.